The van der Waals surface area contributed by atoms with E-state index in [0.29, 0.717) is 38.6 Å². The average molecular weight is 797 g/mol. The molecule has 7 atom stereocenters. The number of Topliss-reactive ketones (excluding diaryl/α,β-unsaturated/α-hetero) is 2. The van der Waals surface area contributed by atoms with Crippen molar-refractivity contribution in [3.05, 3.63) is 12.7 Å². The van der Waals surface area contributed by atoms with Crippen molar-refractivity contribution in [3.8, 4) is 0 Å². The fourth-order valence-corrected chi connectivity index (χ4v) is 13.4. The van der Waals surface area contributed by atoms with Crippen molar-refractivity contribution in [1.82, 2.24) is 19.8 Å². The van der Waals surface area contributed by atoms with Crippen LogP contribution in [-0.4, -0.2) is 90.5 Å². The van der Waals surface area contributed by atoms with Gasteiger partial charge in [0, 0.05) is 30.7 Å². The molecular formula is C44H68N4O7S. The molecule has 56 heavy (non-hydrogen) atoms. The number of likely N-dealkylation sites (tertiary alicyclic amines) is 1. The van der Waals surface area contributed by atoms with Gasteiger partial charge in [0.15, 0.2) is 11.6 Å². The molecule has 3 amide bonds. The predicted molar refractivity (Wildman–Crippen MR) is 214 cm³/mol. The number of rotatable bonds is 11. The molecule has 11 nitrogen and oxygen atoms in total. The van der Waals surface area contributed by atoms with Crippen LogP contribution in [0.3, 0.4) is 0 Å². The summed E-state index contributed by atoms with van der Waals surface area (Å²) in [5.74, 6) is -2.38. The van der Waals surface area contributed by atoms with Gasteiger partial charge in [-0.3, -0.25) is 33.6 Å². The minimum absolute atomic E-state index is 0.0372. The van der Waals surface area contributed by atoms with Crippen molar-refractivity contribution in [2.24, 2.45) is 38.9 Å². The van der Waals surface area contributed by atoms with Crippen molar-refractivity contribution in [2.75, 3.05) is 19.6 Å². The molecule has 3 aliphatic heterocycles. The standard InChI is InChI=1S/C44H68N4O7S/c1-7-29-25-42(29,39(53)46-56(54,55)30-18-19-30)27-36(50)34-26-44(41(5,6)43(44)20-15-21-43)28-48(34)38(52)31(40(2,3)4)24-35(49)32-16-11-9-8-10-13-22-47-23-14-12-17-33(47)37(51)45-32/h7,29-34H,1,8-28H2,2-6H3,(H,45,51)(H,46,53)/t29-,31-,32+,33+,34+,42-,44-/m1/s1. The maximum absolute atomic E-state index is 15.2. The van der Waals surface area contributed by atoms with E-state index in [1.807, 2.05) is 20.8 Å². The van der Waals surface area contributed by atoms with Gasteiger partial charge in [-0.25, -0.2) is 8.42 Å². The molecule has 2 spiro atoms. The molecule has 3 heterocycles. The maximum atomic E-state index is 15.2. The molecule has 4 aliphatic carbocycles. The molecule has 2 N–H and O–H groups in total. The second-order valence-corrected chi connectivity index (χ2v) is 22.6. The number of piperidine rings is 1. The third-order valence-electron chi connectivity index (χ3n) is 16.3. The molecule has 7 fully saturated rings. The Morgan fingerprint density at radius 2 is 1.54 bits per heavy atom. The van der Waals surface area contributed by atoms with E-state index in [0.717, 1.165) is 83.7 Å². The molecule has 7 rings (SSSR count). The summed E-state index contributed by atoms with van der Waals surface area (Å²) in [5, 5.41) is 2.60. The Kier molecular flexibility index (Phi) is 11.1. The van der Waals surface area contributed by atoms with Gasteiger partial charge >= 0.3 is 0 Å². The van der Waals surface area contributed by atoms with Gasteiger partial charge in [0.05, 0.1) is 28.8 Å². The summed E-state index contributed by atoms with van der Waals surface area (Å²) >= 11 is 0. The quantitative estimate of drug-likeness (QED) is 0.247. The number of amides is 3. The number of ketones is 2. The van der Waals surface area contributed by atoms with Gasteiger partial charge in [0.1, 0.15) is 0 Å². The van der Waals surface area contributed by atoms with Crippen molar-refractivity contribution >= 4 is 39.3 Å². The summed E-state index contributed by atoms with van der Waals surface area (Å²) in [6.45, 7) is 16.5. The van der Waals surface area contributed by atoms with Crippen molar-refractivity contribution in [2.45, 2.75) is 174 Å². The van der Waals surface area contributed by atoms with Gasteiger partial charge in [-0.05, 0) is 99.5 Å². The number of carbonyl (C=O) groups excluding carboxylic acids is 5. The van der Waals surface area contributed by atoms with Crippen LogP contribution in [0.4, 0.5) is 0 Å². The Morgan fingerprint density at radius 1 is 0.893 bits per heavy atom. The summed E-state index contributed by atoms with van der Waals surface area (Å²) in [6.07, 6.45) is 15.0. The first-order valence-electron chi connectivity index (χ1n) is 21.9. The monoisotopic (exact) mass is 796 g/mol. The van der Waals surface area contributed by atoms with Gasteiger partial charge in [-0.1, -0.05) is 79.2 Å². The Bertz CT molecular complexity index is 1730. The fraction of sp³-hybridized carbons (Fsp3) is 0.841. The van der Waals surface area contributed by atoms with Crippen molar-refractivity contribution in [3.63, 3.8) is 0 Å². The number of nitrogens with zero attached hydrogens (tertiary/aromatic N) is 2. The number of hydrogen-bond acceptors (Lipinski definition) is 8. The van der Waals surface area contributed by atoms with Crippen LogP contribution in [0.1, 0.15) is 150 Å². The zero-order valence-electron chi connectivity index (χ0n) is 34.8. The van der Waals surface area contributed by atoms with E-state index < -0.39 is 50.0 Å². The molecule has 0 aromatic heterocycles. The normalized spacial score (nSPS) is 34.9. The van der Waals surface area contributed by atoms with E-state index in [9.17, 15) is 27.6 Å². The molecule has 7 aliphatic rings. The Morgan fingerprint density at radius 3 is 2.12 bits per heavy atom. The molecule has 312 valence electrons. The SMILES string of the molecule is C=C[C@@H]1C[C@]1(CC(=O)[C@@H]1C[C@@]2(CN1C(=O)[C@@H](CC(=O)[C@@H]1CCCCCCCN3CCCC[C@H]3C(=O)N1)C(C)(C)C)C(C)(C)C21CCC1)C(=O)NS(=O)(=O)C1CC1. The molecule has 0 unspecified atom stereocenters. The molecule has 4 saturated carbocycles. The summed E-state index contributed by atoms with van der Waals surface area (Å²) in [5.41, 5.74) is -2.12. The van der Waals surface area contributed by atoms with Crippen LogP contribution in [-0.2, 0) is 34.0 Å². The van der Waals surface area contributed by atoms with Crippen LogP contribution < -0.4 is 10.0 Å². The Balaban J connectivity index is 1.13. The highest BCUT2D eigenvalue weighted by Crippen LogP contribution is 2.88. The first kappa shape index (κ1) is 41.6. The predicted octanol–water partition coefficient (Wildman–Crippen LogP) is 5.86. The Labute approximate surface area is 335 Å². The summed E-state index contributed by atoms with van der Waals surface area (Å²) in [6, 6.07) is -1.70. The van der Waals surface area contributed by atoms with Gasteiger partial charge in [0.25, 0.3) is 0 Å². The topological polar surface area (TPSA) is 150 Å². The lowest BCUT2D eigenvalue weighted by atomic mass is 9.73. The van der Waals surface area contributed by atoms with E-state index in [1.54, 1.807) is 11.0 Å². The largest absolute Gasteiger partial charge is 0.345 e. The molecule has 0 bridgehead atoms. The fourth-order valence-electron chi connectivity index (χ4n) is 12.1. The second-order valence-electron chi connectivity index (χ2n) is 20.6. The van der Waals surface area contributed by atoms with Crippen LogP contribution >= 0.6 is 0 Å². The van der Waals surface area contributed by atoms with Crippen LogP contribution in [0.2, 0.25) is 0 Å². The first-order valence-corrected chi connectivity index (χ1v) is 23.5. The maximum Gasteiger partial charge on any atom is 0.240 e. The van der Waals surface area contributed by atoms with Crippen LogP contribution in [0.15, 0.2) is 12.7 Å². The van der Waals surface area contributed by atoms with Crippen molar-refractivity contribution in [1.29, 1.82) is 0 Å². The summed E-state index contributed by atoms with van der Waals surface area (Å²) in [4.78, 5) is 75.9. The van der Waals surface area contributed by atoms with Gasteiger partial charge < -0.3 is 10.2 Å². The molecule has 3 saturated heterocycles. The molecular weight excluding hydrogens is 729 g/mol. The third kappa shape index (κ3) is 7.12. The van der Waals surface area contributed by atoms with Crippen molar-refractivity contribution < 1.29 is 32.4 Å². The number of fused-ring (bicyclic) bond motifs is 2. The minimum Gasteiger partial charge on any atom is -0.345 e. The lowest BCUT2D eigenvalue weighted by Gasteiger charge is -2.37. The Hall–Kier alpha value is -2.60. The molecule has 0 radical (unpaired) electrons. The second kappa shape index (κ2) is 14.9. The highest BCUT2D eigenvalue weighted by molar-refractivity contribution is 7.90. The molecule has 0 aromatic rings. The van der Waals surface area contributed by atoms with Crippen LogP contribution in [0.5, 0.6) is 0 Å². The van der Waals surface area contributed by atoms with Crippen LogP contribution in [0.25, 0.3) is 0 Å². The highest BCUT2D eigenvalue weighted by atomic mass is 32.2. The lowest BCUT2D eigenvalue weighted by Crippen LogP contribution is -2.54. The van der Waals surface area contributed by atoms with E-state index in [4.69, 9.17) is 0 Å². The van der Waals surface area contributed by atoms with E-state index in [2.05, 4.69) is 35.4 Å². The number of nitrogens with one attached hydrogen (secondary N) is 2. The zero-order valence-corrected chi connectivity index (χ0v) is 35.6. The summed E-state index contributed by atoms with van der Waals surface area (Å²) < 4.78 is 28.0. The van der Waals surface area contributed by atoms with Gasteiger partial charge in [0.2, 0.25) is 27.7 Å². The minimum atomic E-state index is -3.82. The average Bonchev–Trinajstić information content (AvgIpc) is 4.06. The van der Waals surface area contributed by atoms with Gasteiger partial charge in [-0.2, -0.15) is 0 Å². The van der Waals surface area contributed by atoms with E-state index in [1.165, 1.54) is 0 Å². The summed E-state index contributed by atoms with van der Waals surface area (Å²) in [7, 11) is -3.82. The molecule has 0 aromatic carbocycles. The van der Waals surface area contributed by atoms with E-state index >= 15 is 4.79 Å². The number of hydrogen-bond donors (Lipinski definition) is 2. The lowest BCUT2D eigenvalue weighted by molar-refractivity contribution is -0.146. The van der Waals surface area contributed by atoms with Crippen LogP contribution in [0, 0.1) is 38.9 Å². The zero-order chi connectivity index (χ0) is 40.5. The highest BCUT2D eigenvalue weighted by Gasteiger charge is 2.85. The first-order chi connectivity index (χ1) is 26.3. The number of sulfonamides is 1. The molecule has 12 heteroatoms. The van der Waals surface area contributed by atoms with Gasteiger partial charge in [-0.15, -0.1) is 6.58 Å². The third-order valence-corrected chi connectivity index (χ3v) is 18.2. The van der Waals surface area contributed by atoms with E-state index in [-0.39, 0.29) is 64.4 Å². The number of carbonyl (C=O) groups is 5. The number of allylic oxidation sites excluding steroid dienone is 1. The smallest absolute Gasteiger partial charge is 0.240 e.